The summed E-state index contributed by atoms with van der Waals surface area (Å²) < 4.78 is 379. The van der Waals surface area contributed by atoms with E-state index in [1.165, 1.54) is 0 Å². The van der Waals surface area contributed by atoms with Gasteiger partial charge in [-0.1, -0.05) is 0 Å². The Kier molecular flexibility index (Phi) is 69.3. The zero-order valence-corrected chi connectivity index (χ0v) is 35.2. The molecule has 0 bridgehead atoms. The molecule has 388 valence electrons. The van der Waals surface area contributed by atoms with Crippen LogP contribution in [0.1, 0.15) is 0 Å². The molecule has 0 aliphatic carbocycles. The number of hydrogen-bond acceptors (Lipinski definition) is 24. The molecule has 0 aromatic rings. The summed E-state index contributed by atoms with van der Waals surface area (Å²) in [5.41, 5.74) is 0. The van der Waals surface area contributed by atoms with E-state index in [-0.39, 0.29) is 59.1 Å². The Bertz CT molecular complexity index is 1700. The summed E-state index contributed by atoms with van der Waals surface area (Å²) in [5, 5.41) is 0. The molecule has 0 spiro atoms. The fourth-order valence-corrected chi connectivity index (χ4v) is 0. The Balaban J connectivity index is -0.0000000337. The molecule has 0 amide bonds. The summed E-state index contributed by atoms with van der Waals surface area (Å²) in [4.78, 5) is 0. The van der Waals surface area contributed by atoms with E-state index in [0.717, 1.165) is 0 Å². The van der Waals surface area contributed by atoms with Crippen molar-refractivity contribution < 1.29 is 210 Å². The van der Waals surface area contributed by atoms with Gasteiger partial charge in [0.15, 0.2) is 0 Å². The molecule has 0 heterocycles. The van der Waals surface area contributed by atoms with E-state index >= 15 is 0 Å². The van der Waals surface area contributed by atoms with Crippen LogP contribution in [0.2, 0.25) is 0 Å². The van der Waals surface area contributed by atoms with Crippen LogP contribution >= 0.6 is 0 Å². The van der Waals surface area contributed by atoms with E-state index in [4.69, 9.17) is 210 Å². The molecule has 0 saturated carbocycles. The predicted molar refractivity (Wildman–Crippen MR) is 184 cm³/mol. The van der Waals surface area contributed by atoms with Gasteiger partial charge in [-0.05, 0) is 0 Å². The summed E-state index contributed by atoms with van der Waals surface area (Å²) in [7, 11) is -56.0. The van der Waals surface area contributed by atoms with Gasteiger partial charge in [-0.25, -0.2) is 0 Å². The normalized spacial score (nSPS) is 11.2. The third kappa shape index (κ3) is 1100000. The van der Waals surface area contributed by atoms with Crippen LogP contribution in [0.25, 0.3) is 0 Å². The first-order chi connectivity index (χ1) is 24.0. The van der Waals surface area contributed by atoms with Crippen LogP contribution in [0.15, 0.2) is 0 Å². The topological polar surface area (TPSA) is 895 Å². The molecule has 48 nitrogen and oxygen atoms in total. The molecule has 62 heteroatoms. The summed E-state index contributed by atoms with van der Waals surface area (Å²) >= 11 is 0. The van der Waals surface area contributed by atoms with Gasteiger partial charge in [0.25, 0.3) is 0 Å². The SMILES string of the molecule is O=S(=O)(O)O.O=S(=O)(O)O.O=S(=O)(O)O.O=S(=O)(O)O.O=S(=O)(O)O.O=S(=O)(O)O.O=S(=O)(O)O.O=S(=O)(O)O.O=S(=O)(O)O.O=S(=O)(O)O.O=S(=O)(O)O.O=S(=O)(O)O.[NaH].[NaH]. The van der Waals surface area contributed by atoms with Gasteiger partial charge < -0.3 is 0 Å². The Hall–Kier alpha value is 0.440. The standard InChI is InChI=1S/2Na.12H2O4S.2H/c;;12*1-5(2,3)4;;/h;;12*(H2,1,2,3,4);;. The van der Waals surface area contributed by atoms with Crippen molar-refractivity contribution in [3.8, 4) is 0 Å². The summed E-state index contributed by atoms with van der Waals surface area (Å²) in [6.45, 7) is 0. The molecule has 0 aromatic heterocycles. The molecule has 24 N–H and O–H groups in total. The first-order valence-corrected chi connectivity index (χ1v) is 25.1. The van der Waals surface area contributed by atoms with Gasteiger partial charge >= 0.3 is 184 Å². The van der Waals surface area contributed by atoms with Gasteiger partial charge in [0.1, 0.15) is 0 Å². The van der Waals surface area contributed by atoms with Gasteiger partial charge in [-0.2, -0.15) is 101 Å². The van der Waals surface area contributed by atoms with Crippen molar-refractivity contribution in [2.24, 2.45) is 0 Å². The van der Waals surface area contributed by atoms with Gasteiger partial charge in [-0.15, -0.1) is 0 Å². The fourth-order valence-electron chi connectivity index (χ4n) is 0. The van der Waals surface area contributed by atoms with E-state index in [9.17, 15) is 0 Å². The molecule has 0 aromatic carbocycles. The molecule has 0 aliphatic heterocycles. The average molecular weight is 1220 g/mol. The van der Waals surface area contributed by atoms with Gasteiger partial charge in [0, 0.05) is 0 Å². The molecule has 0 radical (unpaired) electrons. The molecule has 0 unspecified atom stereocenters. The summed E-state index contributed by atoms with van der Waals surface area (Å²) in [6, 6.07) is 0. The van der Waals surface area contributed by atoms with Gasteiger partial charge in [-0.3, -0.25) is 109 Å². The summed E-state index contributed by atoms with van der Waals surface area (Å²) in [6.07, 6.45) is 0. The zero-order chi connectivity index (χ0) is 54.0. The Morgan fingerprint density at radius 3 is 0.113 bits per heavy atom. The van der Waals surface area contributed by atoms with E-state index in [1.807, 2.05) is 0 Å². The fraction of sp³-hybridized carbons (Fsp3) is 0. The molecule has 0 aliphatic rings. The van der Waals surface area contributed by atoms with Crippen LogP contribution in [-0.4, -0.2) is 269 Å². The minimum atomic E-state index is -4.67. The van der Waals surface area contributed by atoms with Crippen LogP contribution in [0.3, 0.4) is 0 Å². The maximum atomic E-state index is 8.74. The van der Waals surface area contributed by atoms with Crippen molar-refractivity contribution in [3.63, 3.8) is 0 Å². The van der Waals surface area contributed by atoms with Crippen LogP contribution in [-0.2, 0) is 125 Å². The maximum absolute atomic E-state index is 8.74. The minimum absolute atomic E-state index is 0. The van der Waals surface area contributed by atoms with E-state index in [2.05, 4.69) is 0 Å². The van der Waals surface area contributed by atoms with Crippen LogP contribution in [0.5, 0.6) is 0 Å². The zero-order valence-electron chi connectivity index (χ0n) is 25.4. The quantitative estimate of drug-likeness (QED) is 0.0791. The molecular formula is H26Na2O48S12. The van der Waals surface area contributed by atoms with Crippen LogP contribution in [0.4, 0.5) is 0 Å². The average Bonchev–Trinajstić information content (AvgIpc) is 2.48. The molecule has 62 heavy (non-hydrogen) atoms. The first kappa shape index (κ1) is 100. The third-order valence-corrected chi connectivity index (χ3v) is 0. The third-order valence-electron chi connectivity index (χ3n) is 0. The van der Waals surface area contributed by atoms with Crippen LogP contribution in [0, 0.1) is 0 Å². The van der Waals surface area contributed by atoms with Gasteiger partial charge in [0.2, 0.25) is 0 Å². The molecular weight excluding hydrogens is 1200 g/mol. The first-order valence-electron chi connectivity index (χ1n) is 8.38. The molecule has 0 atom stereocenters. The Morgan fingerprint density at radius 2 is 0.113 bits per heavy atom. The monoisotopic (exact) mass is 1220 g/mol. The van der Waals surface area contributed by atoms with Crippen molar-refractivity contribution in [2.75, 3.05) is 0 Å². The Morgan fingerprint density at radius 1 is 0.113 bits per heavy atom. The molecule has 0 rings (SSSR count). The van der Waals surface area contributed by atoms with E-state index in [0.29, 0.717) is 0 Å². The van der Waals surface area contributed by atoms with Gasteiger partial charge in [0.05, 0.1) is 0 Å². The van der Waals surface area contributed by atoms with E-state index in [1.54, 1.807) is 0 Å². The van der Waals surface area contributed by atoms with Crippen LogP contribution < -0.4 is 0 Å². The van der Waals surface area contributed by atoms with Crippen molar-refractivity contribution in [1.82, 2.24) is 0 Å². The van der Waals surface area contributed by atoms with Crippen molar-refractivity contribution in [2.45, 2.75) is 0 Å². The second-order valence-corrected chi connectivity index (χ2v) is 16.1. The van der Waals surface area contributed by atoms with Crippen molar-refractivity contribution >= 4 is 184 Å². The van der Waals surface area contributed by atoms with Crippen molar-refractivity contribution in [3.05, 3.63) is 0 Å². The number of rotatable bonds is 0. The van der Waals surface area contributed by atoms with E-state index < -0.39 is 125 Å². The molecule has 0 fully saturated rings. The molecule has 0 saturated heterocycles. The number of hydrogen-bond donors (Lipinski definition) is 24. The predicted octanol–water partition coefficient (Wildman–Crippen LogP) is -9.13. The second kappa shape index (κ2) is 42.8. The second-order valence-electron chi connectivity index (χ2n) is 5.37. The summed E-state index contributed by atoms with van der Waals surface area (Å²) in [5.74, 6) is 0. The van der Waals surface area contributed by atoms with Crippen molar-refractivity contribution in [1.29, 1.82) is 0 Å². The Labute approximate surface area is 390 Å².